The Kier molecular flexibility index (Phi) is 11.0. The van der Waals surface area contributed by atoms with Crippen molar-refractivity contribution in [2.24, 2.45) is 11.8 Å². The van der Waals surface area contributed by atoms with Gasteiger partial charge in [0.15, 0.2) is 0 Å². The van der Waals surface area contributed by atoms with E-state index < -0.39 is 41.9 Å². The van der Waals surface area contributed by atoms with E-state index in [1.165, 1.54) is 10.5 Å². The standard InChI is InChI=1S/C33H53N5O6/c1-32(2,3)43-28(39)21-38(31(42)44-33(4,5)6)27(18-22-11-8-7-9-12-22)30(41)37-16-10-13-26(37)29(40)34-19-23-14-15-25-24(17-23)20-35-36-25/h20,22-23,26-27H,7-19,21H2,1-6H3,(H,34,40)(H,35,36)/t23?,26-,27+/m0/s1. The molecule has 4 rings (SSSR count). The van der Waals surface area contributed by atoms with E-state index in [0.29, 0.717) is 38.3 Å². The lowest BCUT2D eigenvalue weighted by molar-refractivity contribution is -0.158. The van der Waals surface area contributed by atoms with Crippen molar-refractivity contribution in [3.8, 4) is 0 Å². The molecule has 11 heteroatoms. The summed E-state index contributed by atoms with van der Waals surface area (Å²) in [6.07, 6.45) is 10.8. The minimum absolute atomic E-state index is 0.166. The SMILES string of the molecule is CC(C)(C)OC(=O)CN(C(=O)OC(C)(C)C)[C@H](CC1CCCCC1)C(=O)N1CCC[C@H]1C(=O)NCC1CCc2n[nH]cc2C1. The maximum atomic E-state index is 14.5. The molecular formula is C33H53N5O6. The summed E-state index contributed by atoms with van der Waals surface area (Å²) in [6.45, 7) is 11.1. The van der Waals surface area contributed by atoms with Gasteiger partial charge in [-0.05, 0) is 97.5 Å². The van der Waals surface area contributed by atoms with Crippen LogP contribution in [0.4, 0.5) is 4.79 Å². The molecule has 1 aromatic heterocycles. The summed E-state index contributed by atoms with van der Waals surface area (Å²) in [5.41, 5.74) is 0.722. The quantitative estimate of drug-likeness (QED) is 0.390. The molecular weight excluding hydrogens is 562 g/mol. The number of aryl methyl sites for hydroxylation is 1. The molecule has 1 aromatic rings. The van der Waals surface area contributed by atoms with Gasteiger partial charge in [0.1, 0.15) is 29.8 Å². The van der Waals surface area contributed by atoms with Gasteiger partial charge in [0.05, 0.1) is 5.69 Å². The molecule has 1 saturated carbocycles. The second kappa shape index (κ2) is 14.3. The number of hydrogen-bond donors (Lipinski definition) is 2. The van der Waals surface area contributed by atoms with Gasteiger partial charge in [-0.1, -0.05) is 32.1 Å². The lowest BCUT2D eigenvalue weighted by Crippen LogP contribution is -2.57. The van der Waals surface area contributed by atoms with Crippen LogP contribution in [0.15, 0.2) is 6.20 Å². The van der Waals surface area contributed by atoms with Crippen LogP contribution in [0.5, 0.6) is 0 Å². The molecule has 44 heavy (non-hydrogen) atoms. The van der Waals surface area contributed by atoms with E-state index in [0.717, 1.165) is 57.1 Å². The summed E-state index contributed by atoms with van der Waals surface area (Å²) in [5, 5.41) is 10.3. The first-order valence-electron chi connectivity index (χ1n) is 16.5. The van der Waals surface area contributed by atoms with Crippen molar-refractivity contribution in [3.63, 3.8) is 0 Å². The number of carbonyl (C=O) groups excluding carboxylic acids is 4. The van der Waals surface area contributed by atoms with Crippen LogP contribution in [-0.2, 0) is 36.7 Å². The predicted octanol–water partition coefficient (Wildman–Crippen LogP) is 4.54. The van der Waals surface area contributed by atoms with Crippen molar-refractivity contribution >= 4 is 23.9 Å². The van der Waals surface area contributed by atoms with Crippen LogP contribution < -0.4 is 5.32 Å². The number of aromatic amines is 1. The molecule has 2 aliphatic carbocycles. The Hall–Kier alpha value is -3.11. The number of esters is 1. The number of amides is 3. The summed E-state index contributed by atoms with van der Waals surface area (Å²) in [4.78, 5) is 57.6. The Morgan fingerprint density at radius 1 is 0.977 bits per heavy atom. The smallest absolute Gasteiger partial charge is 0.411 e. The summed E-state index contributed by atoms with van der Waals surface area (Å²) >= 11 is 0. The third-order valence-electron chi connectivity index (χ3n) is 8.80. The molecule has 3 amide bonds. The summed E-state index contributed by atoms with van der Waals surface area (Å²) in [5.74, 6) is -0.529. The average molecular weight is 616 g/mol. The van der Waals surface area contributed by atoms with Gasteiger partial charge in [0.25, 0.3) is 0 Å². The Bertz CT molecular complexity index is 1160. The van der Waals surface area contributed by atoms with Gasteiger partial charge in [0, 0.05) is 19.3 Å². The highest BCUT2D eigenvalue weighted by Gasteiger charge is 2.43. The summed E-state index contributed by atoms with van der Waals surface area (Å²) in [7, 11) is 0. The van der Waals surface area contributed by atoms with Gasteiger partial charge in [-0.25, -0.2) is 4.79 Å². The second-order valence-electron chi connectivity index (χ2n) is 14.9. The molecule has 3 aliphatic rings. The fourth-order valence-corrected chi connectivity index (χ4v) is 6.76. The Labute approximate surface area is 262 Å². The number of H-pyrrole nitrogens is 1. The average Bonchev–Trinajstić information content (AvgIpc) is 3.61. The van der Waals surface area contributed by atoms with Crippen LogP contribution in [0.2, 0.25) is 0 Å². The molecule has 2 heterocycles. The number of fused-ring (bicyclic) bond motifs is 1. The molecule has 2 N–H and O–H groups in total. The molecule has 1 saturated heterocycles. The van der Waals surface area contributed by atoms with Gasteiger partial charge in [-0.2, -0.15) is 5.10 Å². The monoisotopic (exact) mass is 615 g/mol. The van der Waals surface area contributed by atoms with Crippen LogP contribution in [0, 0.1) is 11.8 Å². The molecule has 1 unspecified atom stereocenters. The zero-order valence-electron chi connectivity index (χ0n) is 27.6. The maximum Gasteiger partial charge on any atom is 0.411 e. The lowest BCUT2D eigenvalue weighted by Gasteiger charge is -2.38. The van der Waals surface area contributed by atoms with Crippen LogP contribution >= 0.6 is 0 Å². The van der Waals surface area contributed by atoms with Gasteiger partial charge >= 0.3 is 12.1 Å². The molecule has 246 valence electrons. The number of ether oxygens (including phenoxy) is 2. The normalized spacial score (nSPS) is 21.7. The maximum absolute atomic E-state index is 14.5. The van der Waals surface area contributed by atoms with Crippen LogP contribution in [0.1, 0.15) is 111 Å². The van der Waals surface area contributed by atoms with Crippen molar-refractivity contribution < 1.29 is 28.7 Å². The van der Waals surface area contributed by atoms with Gasteiger partial charge in [0.2, 0.25) is 11.8 Å². The summed E-state index contributed by atoms with van der Waals surface area (Å²) < 4.78 is 11.3. The van der Waals surface area contributed by atoms with Crippen LogP contribution in [-0.4, -0.2) is 86.8 Å². The minimum Gasteiger partial charge on any atom is -0.459 e. The zero-order chi connectivity index (χ0) is 32.1. The highest BCUT2D eigenvalue weighted by Crippen LogP contribution is 2.32. The van der Waals surface area contributed by atoms with Crippen molar-refractivity contribution in [2.45, 2.75) is 135 Å². The first kappa shape index (κ1) is 33.8. The van der Waals surface area contributed by atoms with E-state index in [9.17, 15) is 19.2 Å². The number of nitrogens with zero attached hydrogens (tertiary/aromatic N) is 3. The second-order valence-corrected chi connectivity index (χ2v) is 14.9. The van der Waals surface area contributed by atoms with Crippen LogP contribution in [0.25, 0.3) is 0 Å². The van der Waals surface area contributed by atoms with Gasteiger partial charge < -0.3 is 19.7 Å². The third kappa shape index (κ3) is 9.44. The molecule has 0 radical (unpaired) electrons. The molecule has 0 aromatic carbocycles. The molecule has 0 bridgehead atoms. The van der Waals surface area contributed by atoms with E-state index in [1.807, 2.05) is 6.20 Å². The number of likely N-dealkylation sites (tertiary alicyclic amines) is 1. The number of nitrogens with one attached hydrogen (secondary N) is 2. The molecule has 0 spiro atoms. The van der Waals surface area contributed by atoms with Crippen molar-refractivity contribution in [1.29, 1.82) is 0 Å². The highest BCUT2D eigenvalue weighted by atomic mass is 16.6. The first-order valence-corrected chi connectivity index (χ1v) is 16.5. The van der Waals surface area contributed by atoms with Gasteiger partial charge in [-0.15, -0.1) is 0 Å². The van der Waals surface area contributed by atoms with Crippen molar-refractivity contribution in [2.75, 3.05) is 19.6 Å². The number of carbonyl (C=O) groups is 4. The van der Waals surface area contributed by atoms with Crippen molar-refractivity contribution in [1.82, 2.24) is 25.3 Å². The molecule has 11 nitrogen and oxygen atoms in total. The number of aromatic nitrogens is 2. The Morgan fingerprint density at radius 2 is 1.68 bits per heavy atom. The van der Waals surface area contributed by atoms with Crippen molar-refractivity contribution in [3.05, 3.63) is 17.5 Å². The predicted molar refractivity (Wildman–Crippen MR) is 166 cm³/mol. The van der Waals surface area contributed by atoms with E-state index in [-0.39, 0.29) is 17.7 Å². The number of hydrogen-bond acceptors (Lipinski definition) is 7. The van der Waals surface area contributed by atoms with E-state index >= 15 is 0 Å². The topological polar surface area (TPSA) is 134 Å². The van der Waals surface area contributed by atoms with E-state index in [2.05, 4.69) is 15.5 Å². The van der Waals surface area contributed by atoms with E-state index in [1.54, 1.807) is 46.4 Å². The van der Waals surface area contributed by atoms with Crippen LogP contribution in [0.3, 0.4) is 0 Å². The number of rotatable bonds is 9. The first-order chi connectivity index (χ1) is 20.7. The largest absolute Gasteiger partial charge is 0.459 e. The Balaban J connectivity index is 1.52. The minimum atomic E-state index is -0.938. The molecule has 1 aliphatic heterocycles. The molecule has 2 fully saturated rings. The zero-order valence-corrected chi connectivity index (χ0v) is 27.6. The highest BCUT2D eigenvalue weighted by molar-refractivity contribution is 5.92. The third-order valence-corrected chi connectivity index (χ3v) is 8.80. The Morgan fingerprint density at radius 3 is 2.36 bits per heavy atom. The molecule has 3 atom stereocenters. The summed E-state index contributed by atoms with van der Waals surface area (Å²) in [6, 6.07) is -1.56. The van der Waals surface area contributed by atoms with Gasteiger partial charge in [-0.3, -0.25) is 24.4 Å². The fraction of sp³-hybridized carbons (Fsp3) is 0.788. The fourth-order valence-electron chi connectivity index (χ4n) is 6.76. The lowest BCUT2D eigenvalue weighted by atomic mass is 9.84. The van der Waals surface area contributed by atoms with E-state index in [4.69, 9.17) is 9.47 Å².